The number of nitrogens with one attached hydrogen (secondary N) is 1. The van der Waals surface area contributed by atoms with E-state index in [1.165, 1.54) is 0 Å². The van der Waals surface area contributed by atoms with E-state index in [0.717, 1.165) is 38.4 Å². The van der Waals surface area contributed by atoms with Crippen LogP contribution >= 0.6 is 0 Å². The van der Waals surface area contributed by atoms with Crippen molar-refractivity contribution in [3.05, 3.63) is 76.5 Å². The molecule has 4 aromatic rings. The van der Waals surface area contributed by atoms with Gasteiger partial charge in [0, 0.05) is 11.3 Å². The molecule has 6 rings (SSSR count). The molecule has 2 aliphatic heterocycles. The summed E-state index contributed by atoms with van der Waals surface area (Å²) >= 11 is 0. The molecule has 0 radical (unpaired) electrons. The van der Waals surface area contributed by atoms with Gasteiger partial charge in [-0.15, -0.1) is 0 Å². The molecule has 1 atom stereocenters. The number of carbonyl (C=O) groups excluding carboxylic acids is 1. The van der Waals surface area contributed by atoms with Crippen molar-refractivity contribution < 1.29 is 28.5 Å². The molecular formula is C30H24N2O6. The zero-order chi connectivity index (χ0) is 26.6. The molecule has 0 aliphatic carbocycles. The fourth-order valence-corrected chi connectivity index (χ4v) is 5.54. The Morgan fingerprint density at radius 1 is 0.816 bits per heavy atom. The monoisotopic (exact) mass is 508 g/mol. The fourth-order valence-electron chi connectivity index (χ4n) is 5.54. The lowest BCUT2D eigenvalue weighted by Crippen LogP contribution is -2.20. The van der Waals surface area contributed by atoms with Crippen molar-refractivity contribution in [2.24, 2.45) is 0 Å². The molecule has 38 heavy (non-hydrogen) atoms. The molecule has 1 unspecified atom stereocenters. The highest BCUT2D eigenvalue weighted by Crippen LogP contribution is 2.53. The number of methoxy groups -OCH3 is 4. The summed E-state index contributed by atoms with van der Waals surface area (Å²) < 4.78 is 28.1. The maximum Gasteiger partial charge on any atom is 0.337 e. The quantitative estimate of drug-likeness (QED) is 0.288. The highest BCUT2D eigenvalue weighted by Gasteiger charge is 2.40. The number of fused-ring (bicyclic) bond motifs is 6. The molecule has 2 aliphatic rings. The second-order valence-corrected chi connectivity index (χ2v) is 9.05. The Morgan fingerprint density at radius 3 is 1.89 bits per heavy atom. The number of anilines is 1. The number of benzene rings is 4. The highest BCUT2D eigenvalue weighted by molar-refractivity contribution is 6.19. The summed E-state index contributed by atoms with van der Waals surface area (Å²) in [5.74, 6) is 1.51. The summed E-state index contributed by atoms with van der Waals surface area (Å²) in [6.45, 7) is 0.152. The van der Waals surface area contributed by atoms with Gasteiger partial charge in [0.1, 0.15) is 6.61 Å². The number of nitrogens with zero attached hydrogens (tertiary/aromatic N) is 1. The largest absolute Gasteiger partial charge is 0.493 e. The first kappa shape index (κ1) is 23.5. The van der Waals surface area contributed by atoms with Crippen LogP contribution in [0.1, 0.15) is 22.6 Å². The molecule has 0 aromatic heterocycles. The summed E-state index contributed by atoms with van der Waals surface area (Å²) in [7, 11) is 6.39. The van der Waals surface area contributed by atoms with E-state index in [1.54, 1.807) is 40.6 Å². The van der Waals surface area contributed by atoms with Gasteiger partial charge >= 0.3 is 5.97 Å². The molecule has 8 heteroatoms. The third-order valence-electron chi connectivity index (χ3n) is 7.29. The highest BCUT2D eigenvalue weighted by atomic mass is 16.5. The topological polar surface area (TPSA) is 99.0 Å². The number of ether oxygens (including phenoxy) is 5. The van der Waals surface area contributed by atoms with Crippen LogP contribution < -0.4 is 24.3 Å². The van der Waals surface area contributed by atoms with Gasteiger partial charge in [0.2, 0.25) is 0 Å². The number of cyclic esters (lactones) is 1. The molecule has 0 bridgehead atoms. The first-order valence-electron chi connectivity index (χ1n) is 12.0. The number of rotatable bonds is 5. The summed E-state index contributed by atoms with van der Waals surface area (Å²) in [4.78, 5) is 13.1. The Balaban J connectivity index is 1.79. The zero-order valence-corrected chi connectivity index (χ0v) is 21.3. The van der Waals surface area contributed by atoms with E-state index in [1.807, 2.05) is 36.4 Å². The first-order valence-corrected chi connectivity index (χ1v) is 12.0. The molecule has 4 aromatic carbocycles. The Bertz CT molecular complexity index is 1720. The number of nitriles is 1. The lowest BCUT2D eigenvalue weighted by Gasteiger charge is -2.31. The Morgan fingerprint density at radius 2 is 1.34 bits per heavy atom. The zero-order valence-electron chi connectivity index (χ0n) is 21.3. The molecule has 1 N–H and O–H groups in total. The van der Waals surface area contributed by atoms with E-state index in [0.29, 0.717) is 39.8 Å². The predicted molar refractivity (Wildman–Crippen MR) is 142 cm³/mol. The Kier molecular flexibility index (Phi) is 5.50. The molecule has 0 spiro atoms. The van der Waals surface area contributed by atoms with E-state index < -0.39 is 5.92 Å². The molecule has 8 nitrogen and oxygen atoms in total. The van der Waals surface area contributed by atoms with Gasteiger partial charge in [-0.25, -0.2) is 4.79 Å². The number of hydrogen-bond donors (Lipinski definition) is 1. The minimum atomic E-state index is -0.443. The van der Waals surface area contributed by atoms with Gasteiger partial charge in [-0.05, 0) is 63.7 Å². The second-order valence-electron chi connectivity index (χ2n) is 9.05. The number of carbonyl (C=O) groups is 1. The smallest absolute Gasteiger partial charge is 0.337 e. The summed E-state index contributed by atoms with van der Waals surface area (Å²) in [6, 6.07) is 17.2. The maximum atomic E-state index is 13.1. The minimum Gasteiger partial charge on any atom is -0.493 e. The normalized spacial score (nSPS) is 15.9. The van der Waals surface area contributed by atoms with Gasteiger partial charge in [-0.3, -0.25) is 0 Å². The molecule has 0 saturated heterocycles. The Hall–Kier alpha value is -4.90. The molecule has 0 fully saturated rings. The average Bonchev–Trinajstić information content (AvgIpc) is 3.34. The van der Waals surface area contributed by atoms with E-state index in [2.05, 4.69) is 11.4 Å². The van der Waals surface area contributed by atoms with Gasteiger partial charge in [0.05, 0.1) is 57.0 Å². The minimum absolute atomic E-state index is 0.152. The van der Waals surface area contributed by atoms with Crippen molar-refractivity contribution in [3.8, 4) is 29.1 Å². The van der Waals surface area contributed by atoms with E-state index >= 15 is 0 Å². The van der Waals surface area contributed by atoms with E-state index in [-0.39, 0.29) is 12.6 Å². The second kappa shape index (κ2) is 8.89. The third kappa shape index (κ3) is 3.32. The van der Waals surface area contributed by atoms with Crippen LogP contribution in [0.15, 0.2) is 59.8 Å². The molecule has 0 amide bonds. The lowest BCUT2D eigenvalue weighted by molar-refractivity contribution is -0.136. The van der Waals surface area contributed by atoms with Crippen LogP contribution in [0.25, 0.3) is 21.5 Å². The van der Waals surface area contributed by atoms with Crippen molar-refractivity contribution in [3.63, 3.8) is 0 Å². The molecular weight excluding hydrogens is 484 g/mol. The maximum absolute atomic E-state index is 13.1. The molecule has 190 valence electrons. The predicted octanol–water partition coefficient (Wildman–Crippen LogP) is 5.27. The van der Waals surface area contributed by atoms with Crippen LogP contribution in [0.5, 0.6) is 23.0 Å². The standard InChI is InChI=1S/C30H24N2O6/c1-34-22-9-17-18-10-23(35-2)25(37-4)12-20(18)29-27(19(17)11-24(22)36-3)26(16-7-5-15(13-31)6-8-16)28-21(32-29)14-38-30(28)33/h5-12,26,32H,14H2,1-4H3. The van der Waals surface area contributed by atoms with Crippen LogP contribution in [0.4, 0.5) is 5.69 Å². The van der Waals surface area contributed by atoms with Gasteiger partial charge in [0.15, 0.2) is 23.0 Å². The first-order chi connectivity index (χ1) is 18.5. The van der Waals surface area contributed by atoms with Gasteiger partial charge in [-0.2, -0.15) is 5.26 Å². The van der Waals surface area contributed by atoms with Crippen molar-refractivity contribution in [2.45, 2.75) is 5.92 Å². The van der Waals surface area contributed by atoms with Gasteiger partial charge in [0.25, 0.3) is 0 Å². The lowest BCUT2D eigenvalue weighted by atomic mass is 9.77. The summed E-state index contributed by atoms with van der Waals surface area (Å²) in [5.41, 5.74) is 4.41. The summed E-state index contributed by atoms with van der Waals surface area (Å²) in [6.07, 6.45) is 0. The van der Waals surface area contributed by atoms with Gasteiger partial charge < -0.3 is 29.0 Å². The van der Waals surface area contributed by atoms with Crippen molar-refractivity contribution >= 4 is 33.2 Å². The van der Waals surface area contributed by atoms with E-state index in [4.69, 9.17) is 23.7 Å². The van der Waals surface area contributed by atoms with Crippen LogP contribution in [-0.2, 0) is 9.53 Å². The van der Waals surface area contributed by atoms with Crippen LogP contribution in [0, 0.1) is 11.3 Å². The van der Waals surface area contributed by atoms with Gasteiger partial charge in [-0.1, -0.05) is 12.1 Å². The van der Waals surface area contributed by atoms with Crippen LogP contribution in [0.2, 0.25) is 0 Å². The number of esters is 1. The van der Waals surface area contributed by atoms with E-state index in [9.17, 15) is 10.1 Å². The van der Waals surface area contributed by atoms with Crippen LogP contribution in [-0.4, -0.2) is 41.0 Å². The molecule has 0 saturated carbocycles. The van der Waals surface area contributed by atoms with Crippen LogP contribution in [0.3, 0.4) is 0 Å². The Labute approximate surface area is 218 Å². The van der Waals surface area contributed by atoms with Crippen molar-refractivity contribution in [2.75, 3.05) is 40.4 Å². The fraction of sp³-hybridized carbons (Fsp3) is 0.200. The van der Waals surface area contributed by atoms with Crippen molar-refractivity contribution in [1.29, 1.82) is 5.26 Å². The van der Waals surface area contributed by atoms with Crippen molar-refractivity contribution in [1.82, 2.24) is 0 Å². The average molecular weight is 509 g/mol. The third-order valence-corrected chi connectivity index (χ3v) is 7.29. The SMILES string of the molecule is COc1cc2c3c(c4cc(OC)c(OC)cc4c2cc1OC)C(c1ccc(C#N)cc1)C1=C(COC1=O)N3. The number of hydrogen-bond acceptors (Lipinski definition) is 8. The molecule has 2 heterocycles. The summed E-state index contributed by atoms with van der Waals surface area (Å²) in [5, 5.41) is 16.5.